The van der Waals surface area contributed by atoms with Crippen LogP contribution in [0.2, 0.25) is 0 Å². The molecule has 1 fully saturated rings. The Balaban J connectivity index is 2.74. The Morgan fingerprint density at radius 1 is 1.27 bits per heavy atom. The lowest BCUT2D eigenvalue weighted by molar-refractivity contribution is -0.157. The number of hydrogen-bond acceptors (Lipinski definition) is 4. The number of rotatable bonds is 4. The van der Waals surface area contributed by atoms with Gasteiger partial charge in [0.15, 0.2) is 0 Å². The number of piperidine rings is 1. The molecule has 1 aliphatic heterocycles. The molecule has 1 saturated heterocycles. The Morgan fingerprint density at radius 2 is 1.91 bits per heavy atom. The molecule has 1 heterocycles. The number of carbonyl (C=O) groups is 2. The SMILES string of the molecule is C=C[C@@H](C)[C@@H](C)OC(=O)[C@@H]1CCCCN1C(=O)OC(C)(C)C. The average Bonchev–Trinajstić information content (AvgIpc) is 2.44. The lowest BCUT2D eigenvalue weighted by atomic mass is 10.0. The van der Waals surface area contributed by atoms with E-state index in [0.717, 1.165) is 12.8 Å². The molecule has 0 bridgehead atoms. The molecule has 0 aromatic carbocycles. The van der Waals surface area contributed by atoms with E-state index in [9.17, 15) is 9.59 Å². The van der Waals surface area contributed by atoms with E-state index in [-0.39, 0.29) is 18.0 Å². The monoisotopic (exact) mass is 311 g/mol. The standard InChI is InChI=1S/C17H29NO4/c1-7-12(2)13(3)21-15(19)14-10-8-9-11-18(14)16(20)22-17(4,5)6/h7,12-14H,1,8-11H2,2-6H3/t12-,13-,14+/m1/s1. The van der Waals surface area contributed by atoms with Gasteiger partial charge in [-0.1, -0.05) is 13.0 Å². The summed E-state index contributed by atoms with van der Waals surface area (Å²) in [6.07, 6.45) is 3.45. The van der Waals surface area contributed by atoms with Crippen molar-refractivity contribution < 1.29 is 19.1 Å². The first-order valence-electron chi connectivity index (χ1n) is 7.98. The van der Waals surface area contributed by atoms with E-state index in [1.807, 2.05) is 34.6 Å². The molecule has 3 atom stereocenters. The van der Waals surface area contributed by atoms with Gasteiger partial charge in [-0.05, 0) is 47.0 Å². The maximum absolute atomic E-state index is 12.4. The molecule has 0 saturated carbocycles. The summed E-state index contributed by atoms with van der Waals surface area (Å²) in [5.41, 5.74) is -0.576. The van der Waals surface area contributed by atoms with Crippen molar-refractivity contribution in [1.29, 1.82) is 0 Å². The third kappa shape index (κ3) is 5.35. The summed E-state index contributed by atoms with van der Waals surface area (Å²) in [5.74, 6) is -0.283. The van der Waals surface area contributed by atoms with Crippen LogP contribution in [0.4, 0.5) is 4.79 Å². The summed E-state index contributed by atoms with van der Waals surface area (Å²) in [6, 6.07) is -0.553. The highest BCUT2D eigenvalue weighted by atomic mass is 16.6. The van der Waals surface area contributed by atoms with Gasteiger partial charge in [-0.25, -0.2) is 9.59 Å². The minimum absolute atomic E-state index is 0.0718. The molecule has 1 aliphatic rings. The highest BCUT2D eigenvalue weighted by Gasteiger charge is 2.36. The van der Waals surface area contributed by atoms with Crippen LogP contribution in [-0.2, 0) is 14.3 Å². The van der Waals surface area contributed by atoms with E-state index >= 15 is 0 Å². The lowest BCUT2D eigenvalue weighted by Crippen LogP contribution is -2.50. The van der Waals surface area contributed by atoms with Crippen molar-refractivity contribution in [1.82, 2.24) is 4.90 Å². The molecular formula is C17H29NO4. The normalized spacial score (nSPS) is 21.7. The van der Waals surface area contributed by atoms with Gasteiger partial charge in [-0.15, -0.1) is 6.58 Å². The van der Waals surface area contributed by atoms with Crippen molar-refractivity contribution in [3.63, 3.8) is 0 Å². The van der Waals surface area contributed by atoms with Crippen LogP contribution in [0, 0.1) is 5.92 Å². The van der Waals surface area contributed by atoms with Crippen molar-refractivity contribution in [2.45, 2.75) is 71.6 Å². The van der Waals surface area contributed by atoms with Gasteiger partial charge in [0.05, 0.1) is 0 Å². The summed E-state index contributed by atoms with van der Waals surface area (Å²) in [4.78, 5) is 26.2. The van der Waals surface area contributed by atoms with E-state index in [0.29, 0.717) is 13.0 Å². The molecule has 0 unspecified atom stereocenters. The third-order valence-corrected chi connectivity index (χ3v) is 3.82. The Bertz CT molecular complexity index is 413. The predicted octanol–water partition coefficient (Wildman–Crippen LogP) is 3.53. The van der Waals surface area contributed by atoms with Gasteiger partial charge in [0.2, 0.25) is 0 Å². The van der Waals surface area contributed by atoms with Crippen molar-refractivity contribution in [3.8, 4) is 0 Å². The quantitative estimate of drug-likeness (QED) is 0.589. The zero-order chi connectivity index (χ0) is 16.9. The number of amides is 1. The zero-order valence-corrected chi connectivity index (χ0v) is 14.4. The molecule has 22 heavy (non-hydrogen) atoms. The molecule has 0 aromatic rings. The number of hydrogen-bond donors (Lipinski definition) is 0. The first kappa shape index (κ1) is 18.5. The third-order valence-electron chi connectivity index (χ3n) is 3.82. The van der Waals surface area contributed by atoms with Crippen LogP contribution in [0.1, 0.15) is 53.9 Å². The minimum atomic E-state index is -0.576. The van der Waals surface area contributed by atoms with Crippen molar-refractivity contribution in [3.05, 3.63) is 12.7 Å². The molecular weight excluding hydrogens is 282 g/mol. The molecule has 0 aromatic heterocycles. The highest BCUT2D eigenvalue weighted by molar-refractivity contribution is 5.82. The largest absolute Gasteiger partial charge is 0.461 e. The van der Waals surface area contributed by atoms with E-state index in [1.165, 1.54) is 4.90 Å². The molecule has 0 N–H and O–H groups in total. The molecule has 0 aliphatic carbocycles. The fourth-order valence-electron chi connectivity index (χ4n) is 2.28. The molecule has 0 spiro atoms. The van der Waals surface area contributed by atoms with Gasteiger partial charge < -0.3 is 9.47 Å². The van der Waals surface area contributed by atoms with E-state index in [2.05, 4.69) is 6.58 Å². The molecule has 1 amide bonds. The molecule has 1 rings (SSSR count). The van der Waals surface area contributed by atoms with Gasteiger partial charge in [0.1, 0.15) is 17.7 Å². The summed E-state index contributed by atoms with van der Waals surface area (Å²) < 4.78 is 10.9. The second kappa shape index (κ2) is 7.65. The van der Waals surface area contributed by atoms with Crippen LogP contribution in [0.25, 0.3) is 0 Å². The van der Waals surface area contributed by atoms with Gasteiger partial charge >= 0.3 is 12.1 Å². The predicted molar refractivity (Wildman–Crippen MR) is 85.5 cm³/mol. The van der Waals surface area contributed by atoms with Crippen LogP contribution in [0.15, 0.2) is 12.7 Å². The number of likely N-dealkylation sites (tertiary alicyclic amines) is 1. The van der Waals surface area contributed by atoms with Crippen LogP contribution in [-0.4, -0.2) is 41.3 Å². The van der Waals surface area contributed by atoms with Crippen molar-refractivity contribution in [2.24, 2.45) is 5.92 Å². The van der Waals surface area contributed by atoms with Gasteiger partial charge in [-0.3, -0.25) is 4.90 Å². The van der Waals surface area contributed by atoms with Gasteiger partial charge in [0, 0.05) is 12.5 Å². The average molecular weight is 311 g/mol. The molecule has 5 nitrogen and oxygen atoms in total. The minimum Gasteiger partial charge on any atom is -0.461 e. The van der Waals surface area contributed by atoms with Crippen LogP contribution >= 0.6 is 0 Å². The molecule has 126 valence electrons. The topological polar surface area (TPSA) is 55.8 Å². The summed E-state index contributed by atoms with van der Waals surface area (Å²) in [7, 11) is 0. The second-order valence-electron chi connectivity index (χ2n) is 6.92. The Morgan fingerprint density at radius 3 is 2.45 bits per heavy atom. The summed E-state index contributed by atoms with van der Waals surface area (Å²) in [5, 5.41) is 0. The Kier molecular flexibility index (Phi) is 6.45. The molecule has 0 radical (unpaired) electrons. The smallest absolute Gasteiger partial charge is 0.411 e. The first-order chi connectivity index (χ1) is 10.2. The van der Waals surface area contributed by atoms with Crippen LogP contribution < -0.4 is 0 Å². The van der Waals surface area contributed by atoms with E-state index < -0.39 is 17.7 Å². The summed E-state index contributed by atoms with van der Waals surface area (Å²) in [6.45, 7) is 13.5. The highest BCUT2D eigenvalue weighted by Crippen LogP contribution is 2.22. The van der Waals surface area contributed by atoms with E-state index in [4.69, 9.17) is 9.47 Å². The number of nitrogens with zero attached hydrogens (tertiary/aromatic N) is 1. The lowest BCUT2D eigenvalue weighted by Gasteiger charge is -2.36. The maximum Gasteiger partial charge on any atom is 0.411 e. The number of carbonyl (C=O) groups excluding carboxylic acids is 2. The fraction of sp³-hybridized carbons (Fsp3) is 0.765. The van der Waals surface area contributed by atoms with Gasteiger partial charge in [-0.2, -0.15) is 0 Å². The Labute approximate surface area is 133 Å². The van der Waals surface area contributed by atoms with E-state index in [1.54, 1.807) is 6.08 Å². The zero-order valence-electron chi connectivity index (χ0n) is 14.4. The Hall–Kier alpha value is -1.52. The fourth-order valence-corrected chi connectivity index (χ4v) is 2.28. The molecule has 5 heteroatoms. The van der Waals surface area contributed by atoms with Crippen molar-refractivity contribution >= 4 is 12.1 Å². The van der Waals surface area contributed by atoms with Crippen LogP contribution in [0.3, 0.4) is 0 Å². The summed E-state index contributed by atoms with van der Waals surface area (Å²) >= 11 is 0. The number of ether oxygens (including phenoxy) is 2. The second-order valence-corrected chi connectivity index (χ2v) is 6.92. The van der Waals surface area contributed by atoms with Crippen LogP contribution in [0.5, 0.6) is 0 Å². The van der Waals surface area contributed by atoms with Crippen molar-refractivity contribution in [2.75, 3.05) is 6.54 Å². The first-order valence-corrected chi connectivity index (χ1v) is 7.98. The van der Waals surface area contributed by atoms with Gasteiger partial charge in [0.25, 0.3) is 0 Å². The number of esters is 1. The maximum atomic E-state index is 12.4.